The molecule has 5 nitrogen and oxygen atoms in total. The van der Waals surface area contributed by atoms with E-state index in [1.54, 1.807) is 0 Å². The van der Waals surface area contributed by atoms with Gasteiger partial charge < -0.3 is 5.32 Å². The van der Waals surface area contributed by atoms with Crippen molar-refractivity contribution >= 4 is 23.2 Å². The summed E-state index contributed by atoms with van der Waals surface area (Å²) in [6.07, 6.45) is 0. The number of rotatable bonds is 6. The number of nitro benzene ring substituents is 1. The van der Waals surface area contributed by atoms with Crippen molar-refractivity contribution in [2.24, 2.45) is 0 Å². The van der Waals surface area contributed by atoms with Crippen LogP contribution in [-0.2, 0) is 0 Å². The lowest BCUT2D eigenvalue weighted by atomic mass is 9.97. The molecule has 1 amide bonds. The Labute approximate surface area is 161 Å². The molecule has 6 heteroatoms. The molecule has 0 radical (unpaired) electrons. The highest BCUT2D eigenvalue weighted by Crippen LogP contribution is 2.34. The fourth-order valence-electron chi connectivity index (χ4n) is 2.77. The Morgan fingerprint density at radius 1 is 0.852 bits per heavy atom. The molecule has 0 aliphatic carbocycles. The Hall–Kier alpha value is -3.18. The summed E-state index contributed by atoms with van der Waals surface area (Å²) in [4.78, 5) is 23.0. The van der Waals surface area contributed by atoms with Crippen molar-refractivity contribution in [1.82, 2.24) is 5.32 Å². The Morgan fingerprint density at radius 3 is 1.89 bits per heavy atom. The van der Waals surface area contributed by atoms with Crippen molar-refractivity contribution in [3.8, 4) is 0 Å². The highest BCUT2D eigenvalue weighted by atomic mass is 35.5. The molecule has 27 heavy (non-hydrogen) atoms. The van der Waals surface area contributed by atoms with Gasteiger partial charge in [0.1, 0.15) is 0 Å². The lowest BCUT2D eigenvalue weighted by Crippen LogP contribution is -2.31. The molecule has 1 N–H and O–H groups in total. The van der Waals surface area contributed by atoms with Gasteiger partial charge >= 0.3 is 0 Å². The smallest absolute Gasteiger partial charge is 0.269 e. The van der Waals surface area contributed by atoms with Crippen LogP contribution < -0.4 is 5.32 Å². The molecule has 0 aromatic heterocycles. The van der Waals surface area contributed by atoms with Gasteiger partial charge in [-0.2, -0.15) is 0 Å². The first-order valence-corrected chi connectivity index (χ1v) is 8.79. The second-order valence-corrected chi connectivity index (χ2v) is 6.45. The van der Waals surface area contributed by atoms with E-state index in [9.17, 15) is 14.9 Å². The van der Waals surface area contributed by atoms with Crippen molar-refractivity contribution in [3.05, 3.63) is 112 Å². The molecule has 0 saturated carbocycles. The van der Waals surface area contributed by atoms with E-state index in [4.69, 9.17) is 11.6 Å². The zero-order valence-electron chi connectivity index (χ0n) is 14.3. The van der Waals surface area contributed by atoms with E-state index in [-0.39, 0.29) is 11.6 Å². The maximum Gasteiger partial charge on any atom is 0.269 e. The van der Waals surface area contributed by atoms with E-state index >= 15 is 0 Å². The fraction of sp³-hybridized carbons (Fsp3) is 0.0952. The predicted octanol–water partition coefficient (Wildman–Crippen LogP) is 5.05. The number of amides is 1. The third kappa shape index (κ3) is 4.51. The average molecular weight is 381 g/mol. The highest BCUT2D eigenvalue weighted by molar-refractivity contribution is 6.21. The number of nitro groups is 1. The van der Waals surface area contributed by atoms with Crippen LogP contribution in [0.4, 0.5) is 5.69 Å². The van der Waals surface area contributed by atoms with Crippen LogP contribution in [-0.4, -0.2) is 10.8 Å². The lowest BCUT2D eigenvalue weighted by Gasteiger charge is -2.24. The second-order valence-electron chi connectivity index (χ2n) is 5.98. The van der Waals surface area contributed by atoms with Crippen LogP contribution in [0.3, 0.4) is 0 Å². The van der Waals surface area contributed by atoms with Crippen LogP contribution in [0, 0.1) is 10.1 Å². The summed E-state index contributed by atoms with van der Waals surface area (Å²) >= 11 is 6.70. The summed E-state index contributed by atoms with van der Waals surface area (Å²) in [5, 5.41) is 13.3. The second kappa shape index (κ2) is 8.47. The van der Waals surface area contributed by atoms with Gasteiger partial charge in [0.05, 0.1) is 16.3 Å². The van der Waals surface area contributed by atoms with Crippen LogP contribution in [0.15, 0.2) is 84.9 Å². The van der Waals surface area contributed by atoms with Gasteiger partial charge in [0.2, 0.25) is 0 Å². The molecule has 0 aliphatic rings. The molecular weight excluding hydrogens is 364 g/mol. The van der Waals surface area contributed by atoms with Crippen LogP contribution in [0.2, 0.25) is 0 Å². The van der Waals surface area contributed by atoms with Gasteiger partial charge in [-0.15, -0.1) is 11.6 Å². The third-order valence-electron chi connectivity index (χ3n) is 4.20. The third-order valence-corrected chi connectivity index (χ3v) is 4.70. The Balaban J connectivity index is 1.87. The topological polar surface area (TPSA) is 72.2 Å². The van der Waals surface area contributed by atoms with Crippen molar-refractivity contribution in [2.75, 3.05) is 0 Å². The van der Waals surface area contributed by atoms with Crippen molar-refractivity contribution < 1.29 is 9.72 Å². The molecule has 2 atom stereocenters. The van der Waals surface area contributed by atoms with Crippen LogP contribution in [0.1, 0.15) is 32.9 Å². The molecule has 3 aromatic rings. The van der Waals surface area contributed by atoms with E-state index in [2.05, 4.69) is 5.32 Å². The largest absolute Gasteiger partial charge is 0.343 e. The van der Waals surface area contributed by atoms with Crippen LogP contribution >= 0.6 is 11.6 Å². The van der Waals surface area contributed by atoms with Gasteiger partial charge in [-0.05, 0) is 23.3 Å². The SMILES string of the molecule is O=C(N[C@@H](c1ccccc1)[C@@H](Cl)c1ccccc1)c1ccc([N+](=O)[O-])cc1. The molecule has 0 saturated heterocycles. The van der Waals surface area contributed by atoms with E-state index < -0.39 is 16.3 Å². The molecule has 136 valence electrons. The van der Waals surface area contributed by atoms with Crippen LogP contribution in [0.5, 0.6) is 0 Å². The number of carbonyl (C=O) groups excluding carboxylic acids is 1. The van der Waals surface area contributed by atoms with Crippen LogP contribution in [0.25, 0.3) is 0 Å². The number of nitrogens with zero attached hydrogens (tertiary/aromatic N) is 1. The molecule has 0 unspecified atom stereocenters. The summed E-state index contributed by atoms with van der Waals surface area (Å²) in [7, 11) is 0. The lowest BCUT2D eigenvalue weighted by molar-refractivity contribution is -0.384. The first-order valence-electron chi connectivity index (χ1n) is 8.35. The number of nitrogens with one attached hydrogen (secondary N) is 1. The van der Waals surface area contributed by atoms with E-state index in [0.29, 0.717) is 5.56 Å². The van der Waals surface area contributed by atoms with Gasteiger partial charge in [-0.25, -0.2) is 0 Å². The minimum atomic E-state index is -0.501. The maximum absolute atomic E-state index is 12.7. The zero-order chi connectivity index (χ0) is 19.2. The van der Waals surface area contributed by atoms with Gasteiger partial charge in [0.25, 0.3) is 11.6 Å². The number of hydrogen-bond donors (Lipinski definition) is 1. The molecular formula is C21H17ClN2O3. The minimum Gasteiger partial charge on any atom is -0.343 e. The first-order chi connectivity index (χ1) is 13.1. The summed E-state index contributed by atoms with van der Waals surface area (Å²) in [5.74, 6) is -0.347. The maximum atomic E-state index is 12.7. The van der Waals surface area contributed by atoms with E-state index in [1.165, 1.54) is 24.3 Å². The van der Waals surface area contributed by atoms with Gasteiger partial charge in [0.15, 0.2) is 0 Å². The van der Waals surface area contributed by atoms with Crippen molar-refractivity contribution in [1.29, 1.82) is 0 Å². The molecule has 3 aromatic carbocycles. The van der Waals surface area contributed by atoms with Crippen molar-refractivity contribution in [2.45, 2.75) is 11.4 Å². The van der Waals surface area contributed by atoms with E-state index in [1.807, 2.05) is 60.7 Å². The first kappa shape index (κ1) is 18.6. The normalized spacial score (nSPS) is 12.8. The Morgan fingerprint density at radius 2 is 1.37 bits per heavy atom. The summed E-state index contributed by atoms with van der Waals surface area (Å²) in [6, 6.07) is 24.0. The van der Waals surface area contributed by atoms with Gasteiger partial charge in [-0.3, -0.25) is 14.9 Å². The summed E-state index contributed by atoms with van der Waals surface area (Å²) in [5.41, 5.74) is 2.03. The number of benzene rings is 3. The van der Waals surface area contributed by atoms with Gasteiger partial charge in [0, 0.05) is 17.7 Å². The molecule has 3 rings (SSSR count). The Kier molecular flexibility index (Phi) is 5.84. The molecule has 0 heterocycles. The summed E-state index contributed by atoms with van der Waals surface area (Å²) < 4.78 is 0. The predicted molar refractivity (Wildman–Crippen MR) is 105 cm³/mol. The van der Waals surface area contributed by atoms with Gasteiger partial charge in [-0.1, -0.05) is 60.7 Å². The number of carbonyl (C=O) groups is 1. The zero-order valence-corrected chi connectivity index (χ0v) is 15.0. The highest BCUT2D eigenvalue weighted by Gasteiger charge is 2.25. The standard InChI is InChI=1S/C21H17ClN2O3/c22-19(15-7-3-1-4-8-15)20(16-9-5-2-6-10-16)23-21(25)17-11-13-18(14-12-17)24(26)27/h1-14,19-20H,(H,23,25)/t19-,20-/m0/s1. The Bertz CT molecular complexity index is 915. The van der Waals surface area contributed by atoms with Crippen molar-refractivity contribution in [3.63, 3.8) is 0 Å². The number of non-ortho nitro benzene ring substituents is 1. The van der Waals surface area contributed by atoms with E-state index in [0.717, 1.165) is 11.1 Å². The molecule has 0 bridgehead atoms. The fourth-order valence-corrected chi connectivity index (χ4v) is 3.13. The number of hydrogen-bond acceptors (Lipinski definition) is 3. The minimum absolute atomic E-state index is 0.0642. The molecule has 0 aliphatic heterocycles. The molecule has 0 spiro atoms. The molecule has 0 fully saturated rings. The quantitative estimate of drug-likeness (QED) is 0.369. The summed E-state index contributed by atoms with van der Waals surface area (Å²) in [6.45, 7) is 0. The monoisotopic (exact) mass is 380 g/mol. The average Bonchev–Trinajstić information content (AvgIpc) is 2.72. The number of halogens is 1. The number of alkyl halides is 1.